The second-order valence-corrected chi connectivity index (χ2v) is 9.87. The second kappa shape index (κ2) is 9.25. The molecule has 1 amide bonds. The molecule has 5 rings (SSSR count). The number of hydrogen-bond donors (Lipinski definition) is 2. The van der Waals surface area contributed by atoms with E-state index in [0.29, 0.717) is 47.0 Å². The first-order valence-corrected chi connectivity index (χ1v) is 12.0. The van der Waals surface area contributed by atoms with Crippen LogP contribution in [0.25, 0.3) is 22.4 Å². The zero-order valence-electron chi connectivity index (χ0n) is 18.7. The van der Waals surface area contributed by atoms with Gasteiger partial charge in [-0.3, -0.25) is 4.79 Å². The molecule has 0 radical (unpaired) electrons. The molecule has 3 aromatic rings. The number of piperidine rings is 1. The maximum atomic E-state index is 14.5. The molecule has 0 aromatic carbocycles. The Bertz CT molecular complexity index is 1170. The molecule has 3 atom stereocenters. The zero-order chi connectivity index (χ0) is 22.9. The number of anilines is 1. The number of hydrogen-bond acceptors (Lipinski definition) is 5. The van der Waals surface area contributed by atoms with Crippen molar-refractivity contribution in [2.24, 2.45) is 17.8 Å². The van der Waals surface area contributed by atoms with Gasteiger partial charge in [0, 0.05) is 48.9 Å². The number of likely N-dealkylation sites (tertiary alicyclic amines) is 1. The lowest BCUT2D eigenvalue weighted by Crippen LogP contribution is -2.44. The van der Waals surface area contributed by atoms with E-state index in [1.165, 1.54) is 6.20 Å². The number of aromatic nitrogens is 4. The van der Waals surface area contributed by atoms with Crippen molar-refractivity contribution in [2.75, 3.05) is 25.0 Å². The molecule has 2 N–H and O–H groups in total. The highest BCUT2D eigenvalue weighted by molar-refractivity contribution is 6.31. The smallest absolute Gasteiger partial charge is 0.225 e. The number of pyridine rings is 1. The third-order valence-electron chi connectivity index (χ3n) is 6.92. The highest BCUT2D eigenvalue weighted by Crippen LogP contribution is 2.33. The van der Waals surface area contributed by atoms with Crippen molar-refractivity contribution in [2.45, 2.75) is 39.0 Å². The molecule has 0 unspecified atom stereocenters. The van der Waals surface area contributed by atoms with Gasteiger partial charge in [0.05, 0.1) is 11.2 Å². The van der Waals surface area contributed by atoms with E-state index in [9.17, 15) is 9.18 Å². The van der Waals surface area contributed by atoms with Gasteiger partial charge in [0.2, 0.25) is 5.91 Å². The van der Waals surface area contributed by atoms with Gasteiger partial charge in [-0.1, -0.05) is 18.5 Å². The predicted octanol–water partition coefficient (Wildman–Crippen LogP) is 4.90. The Morgan fingerprint density at radius 3 is 3.00 bits per heavy atom. The van der Waals surface area contributed by atoms with E-state index in [1.807, 2.05) is 4.90 Å². The number of H-pyrrole nitrogens is 1. The van der Waals surface area contributed by atoms with Crippen LogP contribution in [0.15, 0.2) is 24.7 Å². The third kappa shape index (κ3) is 4.67. The van der Waals surface area contributed by atoms with Gasteiger partial charge in [0.15, 0.2) is 17.5 Å². The Morgan fingerprint density at radius 2 is 2.18 bits per heavy atom. The molecular weight excluding hydrogens is 443 g/mol. The summed E-state index contributed by atoms with van der Waals surface area (Å²) in [7, 11) is 0. The molecule has 2 aliphatic rings. The molecule has 0 spiro atoms. The van der Waals surface area contributed by atoms with Crippen LogP contribution in [0.1, 0.15) is 39.0 Å². The maximum absolute atomic E-state index is 14.5. The molecule has 3 aromatic heterocycles. The minimum absolute atomic E-state index is 0.164. The number of fused-ring (bicyclic) bond motifs is 1. The van der Waals surface area contributed by atoms with Gasteiger partial charge < -0.3 is 15.2 Å². The van der Waals surface area contributed by atoms with Crippen molar-refractivity contribution in [1.29, 1.82) is 0 Å². The number of rotatable bonds is 5. The molecule has 9 heteroatoms. The summed E-state index contributed by atoms with van der Waals surface area (Å²) in [6.45, 7) is 4.31. The average molecular weight is 471 g/mol. The first-order chi connectivity index (χ1) is 16.0. The van der Waals surface area contributed by atoms with Crippen LogP contribution in [0.3, 0.4) is 0 Å². The van der Waals surface area contributed by atoms with Crippen LogP contribution in [0.4, 0.5) is 10.2 Å². The van der Waals surface area contributed by atoms with Crippen LogP contribution in [-0.4, -0.2) is 50.4 Å². The van der Waals surface area contributed by atoms with E-state index >= 15 is 0 Å². The number of nitrogens with zero attached hydrogens (tertiary/aromatic N) is 4. The summed E-state index contributed by atoms with van der Waals surface area (Å²) in [5.41, 5.74) is 1.38. The van der Waals surface area contributed by atoms with Gasteiger partial charge in [-0.05, 0) is 50.0 Å². The van der Waals surface area contributed by atoms with Crippen LogP contribution in [0.5, 0.6) is 0 Å². The first-order valence-electron chi connectivity index (χ1n) is 11.7. The van der Waals surface area contributed by atoms with Gasteiger partial charge in [-0.15, -0.1) is 0 Å². The number of amides is 1. The van der Waals surface area contributed by atoms with E-state index in [4.69, 9.17) is 11.6 Å². The summed E-state index contributed by atoms with van der Waals surface area (Å²) in [5, 5.41) is 4.45. The van der Waals surface area contributed by atoms with Crippen molar-refractivity contribution in [3.05, 3.63) is 35.5 Å². The summed E-state index contributed by atoms with van der Waals surface area (Å²) in [4.78, 5) is 30.9. The van der Waals surface area contributed by atoms with E-state index in [2.05, 4.69) is 32.2 Å². The predicted molar refractivity (Wildman–Crippen MR) is 126 cm³/mol. The molecule has 2 fully saturated rings. The normalized spacial score (nSPS) is 23.2. The zero-order valence-corrected chi connectivity index (χ0v) is 19.4. The minimum atomic E-state index is -0.501. The maximum Gasteiger partial charge on any atom is 0.225 e. The lowest BCUT2D eigenvalue weighted by molar-refractivity contribution is -0.137. The number of nitrogens with one attached hydrogen (secondary N) is 2. The fourth-order valence-electron chi connectivity index (χ4n) is 5.15. The first kappa shape index (κ1) is 22.1. The van der Waals surface area contributed by atoms with Crippen molar-refractivity contribution in [3.63, 3.8) is 0 Å². The molecule has 1 aliphatic carbocycles. The van der Waals surface area contributed by atoms with Gasteiger partial charge in [0.1, 0.15) is 5.65 Å². The molecule has 0 bridgehead atoms. The van der Waals surface area contributed by atoms with Gasteiger partial charge >= 0.3 is 0 Å². The number of aromatic amines is 1. The highest BCUT2D eigenvalue weighted by Gasteiger charge is 2.33. The quantitative estimate of drug-likeness (QED) is 0.553. The van der Waals surface area contributed by atoms with Crippen molar-refractivity contribution >= 4 is 34.4 Å². The lowest BCUT2D eigenvalue weighted by atomic mass is 9.95. The van der Waals surface area contributed by atoms with Crippen LogP contribution in [0.2, 0.25) is 5.02 Å². The van der Waals surface area contributed by atoms with E-state index < -0.39 is 5.82 Å². The summed E-state index contributed by atoms with van der Waals surface area (Å²) in [5.74, 6) is 1.43. The number of halogens is 2. The molecule has 4 heterocycles. The lowest BCUT2D eigenvalue weighted by Gasteiger charge is -2.34. The molecule has 7 nitrogen and oxygen atoms in total. The van der Waals surface area contributed by atoms with Gasteiger partial charge in [0.25, 0.3) is 0 Å². The fourth-order valence-corrected chi connectivity index (χ4v) is 5.30. The fraction of sp³-hybridized carbons (Fsp3) is 0.500. The topological polar surface area (TPSA) is 86.8 Å². The monoisotopic (exact) mass is 470 g/mol. The highest BCUT2D eigenvalue weighted by atomic mass is 35.5. The van der Waals surface area contributed by atoms with Crippen molar-refractivity contribution in [3.8, 4) is 11.4 Å². The summed E-state index contributed by atoms with van der Waals surface area (Å²) < 4.78 is 14.5. The van der Waals surface area contributed by atoms with E-state index in [0.717, 1.165) is 44.0 Å². The Hall–Kier alpha value is -2.74. The number of carbonyl (C=O) groups excluding carboxylic acids is 1. The Balaban J connectivity index is 1.27. The van der Waals surface area contributed by atoms with Crippen molar-refractivity contribution < 1.29 is 9.18 Å². The van der Waals surface area contributed by atoms with Crippen LogP contribution >= 0.6 is 11.6 Å². The SMILES string of the molecule is C[C@H]1CC[C@@H](C(=O)N2CCC[C@H](CNc3nc(-c4c[nH]c5ncc(Cl)cc45)ncc3F)C2)C1. The standard InChI is InChI=1S/C24H28ClFN6O/c1-14-4-5-16(7-14)24(33)32-6-2-3-15(13-32)9-27-23-20(26)12-30-22(31-23)19-11-29-21-18(19)8-17(25)10-28-21/h8,10-12,14-16H,2-7,9,13H2,1H3,(H,28,29)(H,27,30,31)/t14-,15+,16+/m0/s1. The summed E-state index contributed by atoms with van der Waals surface area (Å²) in [6, 6.07) is 1.79. The second-order valence-electron chi connectivity index (χ2n) is 9.43. The largest absolute Gasteiger partial charge is 0.367 e. The van der Waals surface area contributed by atoms with Crippen LogP contribution in [-0.2, 0) is 4.79 Å². The van der Waals surface area contributed by atoms with Crippen LogP contribution in [0, 0.1) is 23.6 Å². The molecule has 1 aliphatic heterocycles. The molecule has 174 valence electrons. The van der Waals surface area contributed by atoms with E-state index in [1.54, 1.807) is 18.5 Å². The summed E-state index contributed by atoms with van der Waals surface area (Å²) >= 11 is 6.09. The molecule has 1 saturated carbocycles. The molecule has 33 heavy (non-hydrogen) atoms. The van der Waals surface area contributed by atoms with Crippen molar-refractivity contribution in [1.82, 2.24) is 24.8 Å². The molecular formula is C24H28ClFN6O. The van der Waals surface area contributed by atoms with Gasteiger partial charge in [-0.2, -0.15) is 0 Å². The summed E-state index contributed by atoms with van der Waals surface area (Å²) in [6.07, 6.45) is 9.62. The average Bonchev–Trinajstić information content (AvgIpc) is 3.44. The molecule has 1 saturated heterocycles. The minimum Gasteiger partial charge on any atom is -0.367 e. The Labute approximate surface area is 197 Å². The van der Waals surface area contributed by atoms with Gasteiger partial charge in [-0.25, -0.2) is 19.3 Å². The van der Waals surface area contributed by atoms with Crippen LogP contribution < -0.4 is 5.32 Å². The third-order valence-corrected chi connectivity index (χ3v) is 7.12. The van der Waals surface area contributed by atoms with E-state index in [-0.39, 0.29) is 17.7 Å². The Kier molecular flexibility index (Phi) is 6.19. The Morgan fingerprint density at radius 1 is 1.30 bits per heavy atom. The number of carbonyl (C=O) groups is 1.